The van der Waals surface area contributed by atoms with Crippen LogP contribution in [0.15, 0.2) is 47.1 Å². The van der Waals surface area contributed by atoms with Gasteiger partial charge in [-0.1, -0.05) is 19.1 Å². The number of benzene rings is 1. The molecule has 1 aromatic heterocycles. The molecule has 1 N–H and O–H groups in total. The highest BCUT2D eigenvalue weighted by Crippen LogP contribution is 2.38. The number of aryl methyl sites for hydroxylation is 1. The number of urea groups is 1. The lowest BCUT2D eigenvalue weighted by molar-refractivity contribution is 0.210. The fraction of sp³-hybridized carbons (Fsp3) is 0.312. The normalized spacial score (nSPS) is 18.0. The molecule has 0 spiro atoms. The molecule has 0 saturated carbocycles. The Morgan fingerprint density at radius 3 is 2.86 bits per heavy atom. The minimum Gasteiger partial charge on any atom is -0.466 e. The lowest BCUT2D eigenvalue weighted by Gasteiger charge is -2.22. The van der Waals surface area contributed by atoms with Gasteiger partial charge in [0.2, 0.25) is 0 Å². The highest BCUT2D eigenvalue weighted by atomic mass is 32.2. The molecule has 0 aliphatic carbocycles. The number of amides is 2. The van der Waals surface area contributed by atoms with Gasteiger partial charge in [0, 0.05) is 18.0 Å². The number of furan rings is 1. The van der Waals surface area contributed by atoms with Crippen LogP contribution in [0.5, 0.6) is 0 Å². The first-order valence-corrected chi connectivity index (χ1v) is 8.14. The first-order chi connectivity index (χ1) is 10.3. The maximum atomic E-state index is 12.4. The number of carbonyl (C=O) groups excluding carboxylic acids is 1. The van der Waals surface area contributed by atoms with E-state index in [2.05, 4.69) is 12.2 Å². The molecule has 1 saturated heterocycles. The van der Waals surface area contributed by atoms with Crippen molar-refractivity contribution in [3.63, 3.8) is 0 Å². The summed E-state index contributed by atoms with van der Waals surface area (Å²) in [4.78, 5) is 14.3. The van der Waals surface area contributed by atoms with Gasteiger partial charge < -0.3 is 14.6 Å². The Balaban J connectivity index is 1.69. The molecule has 5 heteroatoms. The average molecular weight is 302 g/mol. The van der Waals surface area contributed by atoms with E-state index in [9.17, 15) is 4.79 Å². The van der Waals surface area contributed by atoms with Gasteiger partial charge >= 0.3 is 6.03 Å². The van der Waals surface area contributed by atoms with E-state index in [-0.39, 0.29) is 11.4 Å². The summed E-state index contributed by atoms with van der Waals surface area (Å²) < 4.78 is 5.44. The molecule has 1 aromatic carbocycles. The monoisotopic (exact) mass is 302 g/mol. The summed E-state index contributed by atoms with van der Waals surface area (Å²) in [5.74, 6) is 1.75. The minimum absolute atomic E-state index is 0.0325. The van der Waals surface area contributed by atoms with Crippen LogP contribution in [0.4, 0.5) is 10.5 Å². The lowest BCUT2D eigenvalue weighted by atomic mass is 10.1. The van der Waals surface area contributed by atoms with Crippen molar-refractivity contribution in [3.8, 4) is 0 Å². The van der Waals surface area contributed by atoms with Gasteiger partial charge in [0.15, 0.2) is 0 Å². The molecule has 1 aliphatic heterocycles. The predicted octanol–water partition coefficient (Wildman–Crippen LogP) is 4.12. The Morgan fingerprint density at radius 1 is 1.38 bits per heavy atom. The predicted molar refractivity (Wildman–Crippen MR) is 85.5 cm³/mol. The Kier molecular flexibility index (Phi) is 4.20. The van der Waals surface area contributed by atoms with Crippen LogP contribution in [-0.4, -0.2) is 23.2 Å². The van der Waals surface area contributed by atoms with Crippen molar-refractivity contribution in [2.45, 2.75) is 18.7 Å². The molecule has 1 atom stereocenters. The SMILES string of the molecule is CCc1ccc(NC(=O)N2CCSC2c2ccco2)cc1. The van der Waals surface area contributed by atoms with Gasteiger partial charge in [0.1, 0.15) is 11.1 Å². The summed E-state index contributed by atoms with van der Waals surface area (Å²) in [6.45, 7) is 2.85. The van der Waals surface area contributed by atoms with E-state index in [1.54, 1.807) is 18.0 Å². The molecule has 1 unspecified atom stereocenters. The second kappa shape index (κ2) is 6.26. The molecule has 21 heavy (non-hydrogen) atoms. The molecule has 3 rings (SSSR count). The summed E-state index contributed by atoms with van der Waals surface area (Å²) in [6, 6.07) is 11.7. The van der Waals surface area contributed by atoms with E-state index in [1.165, 1.54) is 5.56 Å². The van der Waals surface area contributed by atoms with Crippen molar-refractivity contribution in [3.05, 3.63) is 54.0 Å². The van der Waals surface area contributed by atoms with Crippen molar-refractivity contribution in [2.24, 2.45) is 0 Å². The second-order valence-corrected chi connectivity index (χ2v) is 6.10. The third kappa shape index (κ3) is 3.08. The number of hydrogen-bond donors (Lipinski definition) is 1. The van der Waals surface area contributed by atoms with Gasteiger partial charge in [-0.3, -0.25) is 0 Å². The summed E-state index contributed by atoms with van der Waals surface area (Å²) >= 11 is 1.72. The van der Waals surface area contributed by atoms with Gasteiger partial charge in [0.05, 0.1) is 6.26 Å². The smallest absolute Gasteiger partial charge is 0.323 e. The highest BCUT2D eigenvalue weighted by Gasteiger charge is 2.32. The molecule has 2 amide bonds. The molecule has 110 valence electrons. The third-order valence-corrected chi connectivity index (χ3v) is 4.77. The van der Waals surface area contributed by atoms with Gasteiger partial charge in [0.25, 0.3) is 0 Å². The van der Waals surface area contributed by atoms with Crippen molar-refractivity contribution >= 4 is 23.5 Å². The first-order valence-electron chi connectivity index (χ1n) is 7.09. The molecule has 2 heterocycles. The van der Waals surface area contributed by atoms with Gasteiger partial charge in [-0.15, -0.1) is 11.8 Å². The maximum Gasteiger partial charge on any atom is 0.323 e. The average Bonchev–Trinajstić information content (AvgIpc) is 3.18. The van der Waals surface area contributed by atoms with E-state index in [4.69, 9.17) is 4.42 Å². The zero-order chi connectivity index (χ0) is 14.7. The van der Waals surface area contributed by atoms with Crippen molar-refractivity contribution in [2.75, 3.05) is 17.6 Å². The number of nitrogens with zero attached hydrogens (tertiary/aromatic N) is 1. The van der Waals surface area contributed by atoms with Crippen LogP contribution in [0.1, 0.15) is 23.6 Å². The standard InChI is InChI=1S/C16H18N2O2S/c1-2-12-5-7-13(8-6-12)17-16(19)18-9-11-21-15(18)14-4-3-10-20-14/h3-8,10,15H,2,9,11H2,1H3,(H,17,19). The Labute approximate surface area is 128 Å². The van der Waals surface area contributed by atoms with Crippen LogP contribution in [0.25, 0.3) is 0 Å². The maximum absolute atomic E-state index is 12.4. The fourth-order valence-corrected chi connectivity index (χ4v) is 3.57. The van der Waals surface area contributed by atoms with Crippen molar-refractivity contribution in [1.29, 1.82) is 0 Å². The highest BCUT2D eigenvalue weighted by molar-refractivity contribution is 7.99. The lowest BCUT2D eigenvalue weighted by Crippen LogP contribution is -2.34. The summed E-state index contributed by atoms with van der Waals surface area (Å²) in [7, 11) is 0. The fourth-order valence-electron chi connectivity index (χ4n) is 2.36. The number of nitrogens with one attached hydrogen (secondary N) is 1. The molecule has 0 bridgehead atoms. The Bertz CT molecular complexity index is 595. The first kappa shape index (κ1) is 14.1. The number of thioether (sulfide) groups is 1. The van der Waals surface area contributed by atoms with Crippen LogP contribution < -0.4 is 5.32 Å². The minimum atomic E-state index is -0.0781. The quantitative estimate of drug-likeness (QED) is 0.927. The Morgan fingerprint density at radius 2 is 2.19 bits per heavy atom. The summed E-state index contributed by atoms with van der Waals surface area (Å²) in [5.41, 5.74) is 2.09. The van der Waals surface area contributed by atoms with Crippen LogP contribution in [0.3, 0.4) is 0 Å². The zero-order valence-electron chi connectivity index (χ0n) is 11.9. The van der Waals surface area contributed by atoms with E-state index >= 15 is 0 Å². The largest absolute Gasteiger partial charge is 0.466 e. The van der Waals surface area contributed by atoms with Gasteiger partial charge in [-0.25, -0.2) is 4.79 Å². The number of hydrogen-bond acceptors (Lipinski definition) is 3. The van der Waals surface area contributed by atoms with E-state index < -0.39 is 0 Å². The second-order valence-electron chi connectivity index (χ2n) is 4.91. The Hall–Kier alpha value is -1.88. The van der Waals surface area contributed by atoms with Crippen LogP contribution in [-0.2, 0) is 6.42 Å². The van der Waals surface area contributed by atoms with Crippen LogP contribution in [0.2, 0.25) is 0 Å². The molecular weight excluding hydrogens is 284 g/mol. The summed E-state index contributed by atoms with van der Waals surface area (Å²) in [6.07, 6.45) is 2.64. The molecule has 2 aromatic rings. The van der Waals surface area contributed by atoms with E-state index in [1.807, 2.05) is 41.3 Å². The third-order valence-electron chi connectivity index (χ3n) is 3.55. The van der Waals surface area contributed by atoms with Crippen LogP contribution in [0, 0.1) is 0 Å². The van der Waals surface area contributed by atoms with Crippen molar-refractivity contribution in [1.82, 2.24) is 4.90 Å². The number of carbonyl (C=O) groups is 1. The topological polar surface area (TPSA) is 45.5 Å². The van der Waals surface area contributed by atoms with E-state index in [0.29, 0.717) is 0 Å². The number of rotatable bonds is 3. The molecule has 1 fully saturated rings. The molecule has 1 aliphatic rings. The molecular formula is C16H18N2O2S. The van der Waals surface area contributed by atoms with E-state index in [0.717, 1.165) is 30.2 Å². The molecule has 0 radical (unpaired) electrons. The van der Waals surface area contributed by atoms with Gasteiger partial charge in [-0.05, 0) is 36.2 Å². The van der Waals surface area contributed by atoms with Crippen molar-refractivity contribution < 1.29 is 9.21 Å². The zero-order valence-corrected chi connectivity index (χ0v) is 12.7. The van der Waals surface area contributed by atoms with Gasteiger partial charge in [-0.2, -0.15) is 0 Å². The molecule has 4 nitrogen and oxygen atoms in total. The summed E-state index contributed by atoms with van der Waals surface area (Å²) in [5, 5.41) is 2.93. The van der Waals surface area contributed by atoms with Crippen LogP contribution >= 0.6 is 11.8 Å². The number of anilines is 1.